The summed E-state index contributed by atoms with van der Waals surface area (Å²) in [5.74, 6) is 0.451. The second kappa shape index (κ2) is 5.24. The number of carboxylic acids is 1. The molecular formula is C16H22O3. The van der Waals surface area contributed by atoms with Gasteiger partial charge < -0.3 is 9.84 Å². The van der Waals surface area contributed by atoms with Crippen LogP contribution in [0.4, 0.5) is 0 Å². The van der Waals surface area contributed by atoms with Crippen LogP contribution in [0.2, 0.25) is 0 Å². The van der Waals surface area contributed by atoms with Crippen LogP contribution in [0.3, 0.4) is 0 Å². The van der Waals surface area contributed by atoms with Gasteiger partial charge >= 0.3 is 5.97 Å². The molecule has 1 aromatic carbocycles. The molecule has 1 fully saturated rings. The molecule has 1 aromatic rings. The van der Waals surface area contributed by atoms with Gasteiger partial charge in [0.1, 0.15) is 11.4 Å². The van der Waals surface area contributed by atoms with Gasteiger partial charge in [-0.1, -0.05) is 26.0 Å². The Kier molecular flexibility index (Phi) is 3.83. The molecule has 0 spiro atoms. The molecule has 0 radical (unpaired) electrons. The highest BCUT2D eigenvalue weighted by Crippen LogP contribution is 2.41. The summed E-state index contributed by atoms with van der Waals surface area (Å²) in [5, 5.41) is 9.05. The van der Waals surface area contributed by atoms with Crippen molar-refractivity contribution < 1.29 is 14.6 Å². The van der Waals surface area contributed by atoms with E-state index in [1.807, 2.05) is 13.0 Å². The van der Waals surface area contributed by atoms with Crippen LogP contribution < -0.4 is 4.74 Å². The van der Waals surface area contributed by atoms with E-state index in [0.717, 1.165) is 36.1 Å². The van der Waals surface area contributed by atoms with Gasteiger partial charge in [0, 0.05) is 0 Å². The molecule has 0 unspecified atom stereocenters. The lowest BCUT2D eigenvalue weighted by atomic mass is 9.77. The summed E-state index contributed by atoms with van der Waals surface area (Å²) in [6.07, 6.45) is 2.82. The maximum absolute atomic E-state index is 11.0. The molecule has 2 rings (SSSR count). The molecule has 3 heteroatoms. The van der Waals surface area contributed by atoms with E-state index in [1.165, 1.54) is 0 Å². The Morgan fingerprint density at radius 2 is 2.11 bits per heavy atom. The van der Waals surface area contributed by atoms with E-state index in [9.17, 15) is 4.79 Å². The molecule has 0 atom stereocenters. The van der Waals surface area contributed by atoms with Gasteiger partial charge in [-0.15, -0.1) is 0 Å². The topological polar surface area (TPSA) is 46.5 Å². The van der Waals surface area contributed by atoms with Crippen LogP contribution in [0.1, 0.15) is 56.6 Å². The molecule has 19 heavy (non-hydrogen) atoms. The highest BCUT2D eigenvalue weighted by molar-refractivity contribution is 5.68. The molecule has 1 aliphatic rings. The summed E-state index contributed by atoms with van der Waals surface area (Å²) in [5.41, 5.74) is 1.81. The summed E-state index contributed by atoms with van der Waals surface area (Å²) in [7, 11) is 0. The molecule has 0 aliphatic heterocycles. The normalized spacial score (nSPS) is 17.1. The third kappa shape index (κ3) is 3.09. The maximum atomic E-state index is 11.0. The number of ether oxygens (including phenoxy) is 1. The molecule has 0 bridgehead atoms. The third-order valence-corrected chi connectivity index (χ3v) is 3.86. The second-order valence-electron chi connectivity index (χ2n) is 5.91. The Balaban J connectivity index is 2.26. The van der Waals surface area contributed by atoms with Crippen molar-refractivity contribution >= 4 is 5.97 Å². The summed E-state index contributed by atoms with van der Waals surface area (Å²) in [6.45, 7) is 6.28. The van der Waals surface area contributed by atoms with Crippen LogP contribution in [0.15, 0.2) is 18.2 Å². The van der Waals surface area contributed by atoms with Crippen molar-refractivity contribution in [3.8, 4) is 5.75 Å². The van der Waals surface area contributed by atoms with Gasteiger partial charge in [0.05, 0.1) is 6.42 Å². The van der Waals surface area contributed by atoms with Crippen LogP contribution >= 0.6 is 0 Å². The molecule has 3 nitrogen and oxygen atoms in total. The van der Waals surface area contributed by atoms with Crippen molar-refractivity contribution in [1.29, 1.82) is 0 Å². The van der Waals surface area contributed by atoms with Crippen LogP contribution in [0.25, 0.3) is 0 Å². The minimum atomic E-state index is -0.779. The Morgan fingerprint density at radius 1 is 1.42 bits per heavy atom. The second-order valence-corrected chi connectivity index (χ2v) is 5.91. The molecule has 1 aliphatic carbocycles. The number of benzene rings is 1. The maximum Gasteiger partial charge on any atom is 0.307 e. The van der Waals surface area contributed by atoms with Gasteiger partial charge in [-0.2, -0.15) is 0 Å². The van der Waals surface area contributed by atoms with Crippen molar-refractivity contribution in [3.63, 3.8) is 0 Å². The van der Waals surface area contributed by atoms with Crippen molar-refractivity contribution in [2.45, 2.75) is 58.0 Å². The molecule has 0 aromatic heterocycles. The highest BCUT2D eigenvalue weighted by Gasteiger charge is 2.42. The summed E-state index contributed by atoms with van der Waals surface area (Å²) < 4.78 is 6.14. The largest absolute Gasteiger partial charge is 0.486 e. The summed E-state index contributed by atoms with van der Waals surface area (Å²) in [4.78, 5) is 11.0. The Hall–Kier alpha value is -1.51. The molecule has 1 N–H and O–H groups in total. The highest BCUT2D eigenvalue weighted by atomic mass is 16.5. The summed E-state index contributed by atoms with van der Waals surface area (Å²) in [6, 6.07) is 6.19. The number of aliphatic carboxylic acids is 1. The lowest BCUT2D eigenvalue weighted by Gasteiger charge is -2.41. The molecule has 0 saturated heterocycles. The fourth-order valence-electron chi connectivity index (χ4n) is 2.60. The third-order valence-electron chi connectivity index (χ3n) is 3.86. The number of rotatable bonds is 5. The lowest BCUT2D eigenvalue weighted by molar-refractivity contribution is -0.144. The average Bonchev–Trinajstić information content (AvgIpc) is 2.25. The molecular weight excluding hydrogens is 240 g/mol. The van der Waals surface area contributed by atoms with E-state index in [-0.39, 0.29) is 6.42 Å². The first-order valence-corrected chi connectivity index (χ1v) is 6.93. The smallest absolute Gasteiger partial charge is 0.307 e. The van der Waals surface area contributed by atoms with Crippen molar-refractivity contribution in [3.05, 3.63) is 29.3 Å². The van der Waals surface area contributed by atoms with Gasteiger partial charge in [-0.3, -0.25) is 4.79 Å². The van der Waals surface area contributed by atoms with E-state index >= 15 is 0 Å². The average molecular weight is 262 g/mol. The van der Waals surface area contributed by atoms with E-state index in [0.29, 0.717) is 5.92 Å². The van der Waals surface area contributed by atoms with Gasteiger partial charge in [-0.05, 0) is 49.3 Å². The zero-order chi connectivity index (χ0) is 14.0. The van der Waals surface area contributed by atoms with Gasteiger partial charge in [0.15, 0.2) is 0 Å². The molecule has 1 saturated carbocycles. The van der Waals surface area contributed by atoms with Crippen LogP contribution in [-0.4, -0.2) is 16.7 Å². The Morgan fingerprint density at radius 3 is 2.58 bits per heavy atom. The van der Waals surface area contributed by atoms with Crippen molar-refractivity contribution in [1.82, 2.24) is 0 Å². The number of carboxylic acid groups (broad SMARTS) is 1. The van der Waals surface area contributed by atoms with Crippen molar-refractivity contribution in [2.24, 2.45) is 0 Å². The first-order valence-electron chi connectivity index (χ1n) is 6.93. The molecule has 0 amide bonds. The lowest BCUT2D eigenvalue weighted by Crippen LogP contribution is -2.45. The monoisotopic (exact) mass is 262 g/mol. The number of hydrogen-bond donors (Lipinski definition) is 1. The molecule has 0 heterocycles. The standard InChI is InChI=1S/C16H22O3/c1-11(2)13-6-5-12(3)9-14(13)19-16(7-4-8-16)10-15(17)18/h5-6,9,11H,4,7-8,10H2,1-3H3,(H,17,18). The first kappa shape index (κ1) is 13.9. The van der Waals surface area contributed by atoms with Gasteiger partial charge in [0.2, 0.25) is 0 Å². The zero-order valence-electron chi connectivity index (χ0n) is 11.9. The summed E-state index contributed by atoms with van der Waals surface area (Å²) >= 11 is 0. The van der Waals surface area contributed by atoms with Crippen LogP contribution in [-0.2, 0) is 4.79 Å². The van der Waals surface area contributed by atoms with E-state index < -0.39 is 11.6 Å². The van der Waals surface area contributed by atoms with Gasteiger partial charge in [-0.25, -0.2) is 0 Å². The fourth-order valence-corrected chi connectivity index (χ4v) is 2.60. The molecule has 104 valence electrons. The first-order chi connectivity index (χ1) is 8.92. The predicted molar refractivity (Wildman–Crippen MR) is 74.7 cm³/mol. The van der Waals surface area contributed by atoms with E-state index in [4.69, 9.17) is 9.84 Å². The fraction of sp³-hybridized carbons (Fsp3) is 0.562. The predicted octanol–water partition coefficient (Wildman–Crippen LogP) is 3.89. The number of aryl methyl sites for hydroxylation is 1. The number of carbonyl (C=O) groups is 1. The van der Waals surface area contributed by atoms with E-state index in [1.54, 1.807) is 0 Å². The minimum Gasteiger partial charge on any atom is -0.486 e. The van der Waals surface area contributed by atoms with E-state index in [2.05, 4.69) is 26.0 Å². The SMILES string of the molecule is Cc1ccc(C(C)C)c(OC2(CC(=O)O)CCC2)c1. The Bertz CT molecular complexity index is 473. The minimum absolute atomic E-state index is 0.0957. The van der Waals surface area contributed by atoms with Crippen LogP contribution in [0.5, 0.6) is 5.75 Å². The Labute approximate surface area is 114 Å². The quantitative estimate of drug-likeness (QED) is 0.875. The zero-order valence-corrected chi connectivity index (χ0v) is 11.9. The van der Waals surface area contributed by atoms with Crippen molar-refractivity contribution in [2.75, 3.05) is 0 Å². The van der Waals surface area contributed by atoms with Crippen LogP contribution in [0, 0.1) is 6.92 Å². The number of hydrogen-bond acceptors (Lipinski definition) is 2. The van der Waals surface area contributed by atoms with Gasteiger partial charge in [0.25, 0.3) is 0 Å².